The van der Waals surface area contributed by atoms with Crippen molar-refractivity contribution in [2.75, 3.05) is 42.6 Å². The number of carboxylic acids is 1. The number of hydrogen-bond donors (Lipinski definition) is 5. The molecule has 0 spiro atoms. The van der Waals surface area contributed by atoms with E-state index in [1.165, 1.54) is 32.3 Å². The number of carboxylic acid groups (broad SMARTS) is 1. The molecule has 1 amide bonds. The number of ether oxygens (including phenoxy) is 1. The Morgan fingerprint density at radius 3 is 1.96 bits per heavy atom. The van der Waals surface area contributed by atoms with Crippen LogP contribution in [0.4, 0.5) is 17.5 Å². The quantitative estimate of drug-likeness (QED) is 0.114. The van der Waals surface area contributed by atoms with Gasteiger partial charge in [0.05, 0.1) is 45.9 Å². The Morgan fingerprint density at radius 1 is 0.700 bits per heavy atom. The second-order valence-corrected chi connectivity index (χ2v) is 20.1. The highest BCUT2D eigenvalue weighted by molar-refractivity contribution is 7.90. The summed E-state index contributed by atoms with van der Waals surface area (Å²) in [6, 6.07) is 13.0. The number of fused-ring (bicyclic) bond motifs is 5. The second-order valence-electron chi connectivity index (χ2n) is 18.3. The van der Waals surface area contributed by atoms with Crippen molar-refractivity contribution < 1.29 is 32.6 Å². The number of aliphatic carboxylic acids is 1. The van der Waals surface area contributed by atoms with Gasteiger partial charge in [0.15, 0.2) is 23.1 Å². The van der Waals surface area contributed by atoms with Crippen molar-refractivity contribution in [3.8, 4) is 0 Å². The molecule has 0 saturated carbocycles. The fourth-order valence-corrected chi connectivity index (χ4v) is 10.8. The summed E-state index contributed by atoms with van der Waals surface area (Å²) in [5.74, 6) is 0.660. The number of H-pyrrole nitrogens is 2. The van der Waals surface area contributed by atoms with Crippen LogP contribution in [0.1, 0.15) is 64.9 Å². The zero-order valence-electron chi connectivity index (χ0n) is 39.6. The minimum atomic E-state index is -3.80. The molecule has 368 valence electrons. The van der Waals surface area contributed by atoms with Crippen LogP contribution in [0.25, 0.3) is 33.1 Å². The van der Waals surface area contributed by atoms with Crippen molar-refractivity contribution in [2.45, 2.75) is 89.2 Å². The largest absolute Gasteiger partial charge is 0.481 e. The minimum Gasteiger partial charge on any atom is -0.481 e. The third kappa shape index (κ3) is 9.60. The molecule has 4 fully saturated rings. The summed E-state index contributed by atoms with van der Waals surface area (Å²) < 4.78 is 32.3. The fraction of sp³-hybridized carbons (Fsp3) is 0.426. The number of aryl methyl sites for hydroxylation is 1. The Labute approximate surface area is 403 Å². The zero-order chi connectivity index (χ0) is 49.3. The van der Waals surface area contributed by atoms with Crippen molar-refractivity contribution in [3.05, 3.63) is 85.6 Å². The Kier molecular flexibility index (Phi) is 13.8. The number of methoxy groups -OCH3 is 1. The minimum absolute atomic E-state index is 0.125. The smallest absolute Gasteiger partial charge is 0.310 e. The molecule has 4 aliphatic rings. The predicted octanol–water partition coefficient (Wildman–Crippen LogP) is 5.37. The Morgan fingerprint density at radius 2 is 1.29 bits per heavy atom. The SMILES string of the molecule is CC1CCC(C(=O)O)CN1Nc1ncnc2[nH]ccc12.CC1CCC2CN1N(c1ncnc3[nH]ccc13)C2=O.COC(=O)C1CCC(C)N(Nc2ncnc3c2ccn3S(=O)(=O)c2ccc(C)cc2)C1. The first-order valence-electron chi connectivity index (χ1n) is 23.4. The number of carbonyl (C=O) groups is 3. The van der Waals surface area contributed by atoms with Crippen LogP contribution in [-0.4, -0.2) is 135 Å². The Bertz CT molecular complexity index is 3120. The number of aromatic amines is 2. The number of rotatable bonds is 9. The summed E-state index contributed by atoms with van der Waals surface area (Å²) in [6.45, 7) is 9.98. The molecule has 0 radical (unpaired) electrons. The molecule has 6 aromatic heterocycles. The van der Waals surface area contributed by atoms with E-state index in [1.54, 1.807) is 35.3 Å². The Hall–Kier alpha value is -7.08. The molecule has 22 nitrogen and oxygen atoms in total. The highest BCUT2D eigenvalue weighted by atomic mass is 32.2. The average Bonchev–Trinajstić information content (AvgIpc) is 4.19. The molecule has 7 unspecified atom stereocenters. The molecule has 23 heteroatoms. The summed E-state index contributed by atoms with van der Waals surface area (Å²) in [5, 5.41) is 19.3. The number of anilines is 3. The van der Waals surface area contributed by atoms with E-state index in [1.807, 2.05) is 41.5 Å². The lowest BCUT2D eigenvalue weighted by atomic mass is 9.95. The van der Waals surface area contributed by atoms with E-state index < -0.39 is 16.0 Å². The van der Waals surface area contributed by atoms with Gasteiger partial charge in [0.25, 0.3) is 10.0 Å². The number of hydrazine groups is 3. The van der Waals surface area contributed by atoms with E-state index >= 15 is 0 Å². The van der Waals surface area contributed by atoms with Gasteiger partial charge in [-0.15, -0.1) is 0 Å². The van der Waals surface area contributed by atoms with Crippen molar-refractivity contribution in [3.63, 3.8) is 0 Å². The molecule has 1 aromatic carbocycles. The van der Waals surface area contributed by atoms with E-state index in [4.69, 9.17) is 9.84 Å². The van der Waals surface area contributed by atoms with Crippen LogP contribution in [0.3, 0.4) is 0 Å². The molecular weight excluding hydrogens is 919 g/mol. The molecule has 7 aromatic rings. The normalized spacial score (nSPS) is 23.9. The van der Waals surface area contributed by atoms with Gasteiger partial charge in [0, 0.05) is 56.4 Å². The van der Waals surface area contributed by atoms with Gasteiger partial charge in [0.1, 0.15) is 30.3 Å². The number of nitrogens with one attached hydrogen (secondary N) is 4. The summed E-state index contributed by atoms with van der Waals surface area (Å²) in [7, 11) is -2.41. The number of carbonyl (C=O) groups excluding carboxylic acids is 2. The number of nitrogens with zero attached hydrogens (tertiary/aromatic N) is 11. The third-order valence-electron chi connectivity index (χ3n) is 13.7. The topological polar surface area (TPSA) is 266 Å². The summed E-state index contributed by atoms with van der Waals surface area (Å²) in [5.41, 5.74) is 9.30. The first-order chi connectivity index (χ1) is 33.7. The predicted molar refractivity (Wildman–Crippen MR) is 260 cm³/mol. The maximum absolute atomic E-state index is 13.1. The zero-order valence-corrected chi connectivity index (χ0v) is 40.4. The standard InChI is InChI=1S/C21H25N5O4S.C13H17N5O2.C13H15N5O/c1-14-4-8-17(9-5-14)31(28,29)26-11-10-18-19(22-13-23-20(18)26)24-25-12-16(21(27)30-3)7-6-15(25)2;1-8-2-3-9(13(19)20)6-18(8)17-12-10-4-5-14-11(10)15-7-16-12;1-8-2-3-9-6-17(8)18(13(9)19)12-10-4-5-14-11(10)15-7-16-12/h4-5,8-11,13,15-16H,6-7,12H2,1-3H3,(H,22,23,24);4-5,7-9H,2-3,6H2,1H3,(H,19,20)(H2,14,15,16,17);4-5,7-9H,2-3,6H2,1H3,(H,14,15,16). The van der Waals surface area contributed by atoms with Crippen LogP contribution in [0.5, 0.6) is 0 Å². The van der Waals surface area contributed by atoms with Gasteiger partial charge in [-0.3, -0.25) is 14.4 Å². The number of esters is 1. The van der Waals surface area contributed by atoms with E-state index in [0.29, 0.717) is 42.0 Å². The molecule has 4 aliphatic heterocycles. The van der Waals surface area contributed by atoms with Crippen LogP contribution in [0.2, 0.25) is 0 Å². The maximum atomic E-state index is 13.1. The number of hydrogen-bond acceptors (Lipinski definition) is 17. The van der Waals surface area contributed by atoms with E-state index in [9.17, 15) is 22.8 Å². The molecule has 5 N–H and O–H groups in total. The summed E-state index contributed by atoms with van der Waals surface area (Å²) in [6.07, 6.45) is 14.7. The van der Waals surface area contributed by atoms with Gasteiger partial charge in [-0.25, -0.2) is 62.3 Å². The van der Waals surface area contributed by atoms with Gasteiger partial charge in [-0.1, -0.05) is 17.7 Å². The van der Waals surface area contributed by atoms with Gasteiger partial charge in [0.2, 0.25) is 5.91 Å². The average molecular weight is 976 g/mol. The van der Waals surface area contributed by atoms with Crippen LogP contribution in [-0.2, 0) is 29.1 Å². The van der Waals surface area contributed by atoms with Crippen molar-refractivity contribution >= 4 is 78.4 Å². The van der Waals surface area contributed by atoms with Crippen molar-refractivity contribution in [2.24, 2.45) is 17.8 Å². The second kappa shape index (κ2) is 20.1. The lowest BCUT2D eigenvalue weighted by molar-refractivity contribution is -0.147. The van der Waals surface area contributed by atoms with Crippen LogP contribution in [0, 0.1) is 24.7 Å². The highest BCUT2D eigenvalue weighted by Gasteiger charge is 2.45. The number of piperidine rings is 3. The van der Waals surface area contributed by atoms with Crippen molar-refractivity contribution in [1.82, 2.24) is 58.9 Å². The molecule has 0 aliphatic carbocycles. The van der Waals surface area contributed by atoms with E-state index in [-0.39, 0.29) is 52.3 Å². The van der Waals surface area contributed by atoms with E-state index in [2.05, 4.69) is 76.5 Å². The fourth-order valence-electron chi connectivity index (χ4n) is 9.48. The monoisotopic (exact) mass is 975 g/mol. The lowest BCUT2D eigenvalue weighted by Crippen LogP contribution is -2.47. The van der Waals surface area contributed by atoms with Gasteiger partial charge >= 0.3 is 11.9 Å². The summed E-state index contributed by atoms with van der Waals surface area (Å²) in [4.78, 5) is 67.4. The van der Waals surface area contributed by atoms with Gasteiger partial charge < -0.3 is 30.7 Å². The Balaban J connectivity index is 0.000000136. The molecular formula is C47H57N15O7S. The third-order valence-corrected chi connectivity index (χ3v) is 15.4. The molecule has 10 heterocycles. The number of benzene rings is 1. The first kappa shape index (κ1) is 48.0. The number of amides is 1. The van der Waals surface area contributed by atoms with Gasteiger partial charge in [-0.2, -0.15) is 0 Å². The van der Waals surface area contributed by atoms with E-state index in [0.717, 1.165) is 76.7 Å². The molecule has 70 heavy (non-hydrogen) atoms. The lowest BCUT2D eigenvalue weighted by Gasteiger charge is -2.37. The molecule has 7 atom stereocenters. The number of aromatic nitrogens is 9. The first-order valence-corrected chi connectivity index (χ1v) is 24.8. The molecule has 4 saturated heterocycles. The van der Waals surface area contributed by atoms with Gasteiger partial charge in [-0.05, 0) is 96.6 Å². The van der Waals surface area contributed by atoms with Crippen molar-refractivity contribution in [1.29, 1.82) is 0 Å². The van der Waals surface area contributed by atoms with Crippen LogP contribution < -0.4 is 15.9 Å². The maximum Gasteiger partial charge on any atom is 0.310 e. The highest BCUT2D eigenvalue weighted by Crippen LogP contribution is 2.37. The molecule has 2 bridgehead atoms. The van der Waals surface area contributed by atoms with Crippen LogP contribution in [0.15, 0.2) is 84.9 Å². The molecule has 11 rings (SSSR count). The van der Waals surface area contributed by atoms with Crippen LogP contribution >= 0.6 is 0 Å². The summed E-state index contributed by atoms with van der Waals surface area (Å²) >= 11 is 0.